The molecular weight excluding hydrogens is 240 g/mol. The zero-order chi connectivity index (χ0) is 12.9. The van der Waals surface area contributed by atoms with Crippen molar-refractivity contribution in [1.29, 1.82) is 0 Å². The van der Waals surface area contributed by atoms with Gasteiger partial charge in [0, 0.05) is 5.69 Å². The molecule has 0 bridgehead atoms. The van der Waals surface area contributed by atoms with Gasteiger partial charge in [0.05, 0.1) is 12.4 Å². The maximum Gasteiger partial charge on any atom is 0.211 e. The number of aryl methyl sites for hydroxylation is 1. The van der Waals surface area contributed by atoms with Crippen LogP contribution in [-0.2, 0) is 10.0 Å². The molecule has 0 saturated heterocycles. The fraction of sp³-hybridized carbons (Fsp3) is 0.455. The first-order valence-corrected chi connectivity index (χ1v) is 7.00. The van der Waals surface area contributed by atoms with Crippen LogP contribution in [0.1, 0.15) is 12.0 Å². The van der Waals surface area contributed by atoms with Gasteiger partial charge < -0.3 is 10.5 Å². The molecule has 96 valence electrons. The molecule has 0 atom stereocenters. The highest BCUT2D eigenvalue weighted by Gasteiger charge is 2.06. The van der Waals surface area contributed by atoms with Gasteiger partial charge in [-0.05, 0) is 44.2 Å². The summed E-state index contributed by atoms with van der Waals surface area (Å²) in [6.07, 6.45) is 0.451. The Morgan fingerprint density at radius 2 is 2.12 bits per heavy atom. The second kappa shape index (κ2) is 5.88. The maximum absolute atomic E-state index is 11.1. The summed E-state index contributed by atoms with van der Waals surface area (Å²) in [6, 6.07) is 5.38. The number of anilines is 1. The summed E-state index contributed by atoms with van der Waals surface area (Å²) in [5, 5.41) is 0. The number of ether oxygens (including phenoxy) is 1. The molecule has 0 aliphatic carbocycles. The SMILES string of the molecule is CNS(=O)(=O)CCCOc1ccc(N)c(C)c1. The predicted molar refractivity (Wildman–Crippen MR) is 68.5 cm³/mol. The molecule has 0 radical (unpaired) electrons. The monoisotopic (exact) mass is 258 g/mol. The zero-order valence-electron chi connectivity index (χ0n) is 10.1. The molecule has 3 N–H and O–H groups in total. The third-order valence-electron chi connectivity index (χ3n) is 2.38. The van der Waals surface area contributed by atoms with Gasteiger partial charge in [-0.1, -0.05) is 0 Å². The van der Waals surface area contributed by atoms with Crippen LogP contribution in [0.2, 0.25) is 0 Å². The van der Waals surface area contributed by atoms with Crippen molar-refractivity contribution in [2.24, 2.45) is 0 Å². The molecule has 6 heteroatoms. The van der Waals surface area contributed by atoms with Crippen LogP contribution in [0.15, 0.2) is 18.2 Å². The predicted octanol–water partition coefficient (Wildman–Crippen LogP) is 0.895. The molecule has 0 fully saturated rings. The lowest BCUT2D eigenvalue weighted by Gasteiger charge is -2.08. The third kappa shape index (κ3) is 4.62. The van der Waals surface area contributed by atoms with E-state index in [-0.39, 0.29) is 5.75 Å². The van der Waals surface area contributed by atoms with Crippen molar-refractivity contribution in [1.82, 2.24) is 4.72 Å². The molecule has 0 unspecified atom stereocenters. The molecule has 1 aromatic rings. The first-order valence-electron chi connectivity index (χ1n) is 5.35. The van der Waals surface area contributed by atoms with Gasteiger partial charge in [-0.3, -0.25) is 0 Å². The summed E-state index contributed by atoms with van der Waals surface area (Å²) >= 11 is 0. The van der Waals surface area contributed by atoms with Gasteiger partial charge in [0.15, 0.2) is 0 Å². The molecular formula is C11H18N2O3S. The minimum atomic E-state index is -3.14. The van der Waals surface area contributed by atoms with E-state index in [0.29, 0.717) is 18.8 Å². The Hall–Kier alpha value is -1.27. The van der Waals surface area contributed by atoms with Crippen molar-refractivity contribution >= 4 is 15.7 Å². The van der Waals surface area contributed by atoms with E-state index in [2.05, 4.69) is 4.72 Å². The summed E-state index contributed by atoms with van der Waals surface area (Å²) in [5.74, 6) is 0.774. The average Bonchev–Trinajstić information content (AvgIpc) is 2.29. The van der Waals surface area contributed by atoms with Crippen LogP contribution >= 0.6 is 0 Å². The standard InChI is InChI=1S/C11H18N2O3S/c1-9-8-10(4-5-11(9)12)16-6-3-7-17(14,15)13-2/h4-5,8,13H,3,6-7,12H2,1-2H3. The number of nitrogens with one attached hydrogen (secondary N) is 1. The van der Waals surface area contributed by atoms with Crippen LogP contribution in [0.4, 0.5) is 5.69 Å². The molecule has 1 aromatic carbocycles. The van der Waals surface area contributed by atoms with Gasteiger partial charge in [0.2, 0.25) is 10.0 Å². The van der Waals surface area contributed by atoms with Crippen LogP contribution in [0.3, 0.4) is 0 Å². The molecule has 0 amide bonds. The Labute approximate surface area is 102 Å². The Bertz CT molecular complexity index is 472. The molecule has 5 nitrogen and oxygen atoms in total. The second-order valence-electron chi connectivity index (χ2n) is 3.74. The number of sulfonamides is 1. The lowest BCUT2D eigenvalue weighted by atomic mass is 10.2. The summed E-state index contributed by atoms with van der Waals surface area (Å²) < 4.78 is 29.9. The normalized spacial score (nSPS) is 11.4. The largest absolute Gasteiger partial charge is 0.494 e. The van der Waals surface area contributed by atoms with Gasteiger partial charge in [-0.2, -0.15) is 0 Å². The number of rotatable bonds is 6. The van der Waals surface area contributed by atoms with Gasteiger partial charge in [-0.25, -0.2) is 13.1 Å². The number of nitrogen functional groups attached to an aromatic ring is 1. The summed E-state index contributed by atoms with van der Waals surface area (Å²) in [4.78, 5) is 0. The minimum absolute atomic E-state index is 0.0669. The van der Waals surface area contributed by atoms with E-state index in [4.69, 9.17) is 10.5 Å². The molecule has 0 heterocycles. The van der Waals surface area contributed by atoms with Gasteiger partial charge in [0.25, 0.3) is 0 Å². The van der Waals surface area contributed by atoms with E-state index in [1.165, 1.54) is 7.05 Å². The molecule has 1 rings (SSSR count). The van der Waals surface area contributed by atoms with Gasteiger partial charge in [-0.15, -0.1) is 0 Å². The van der Waals surface area contributed by atoms with E-state index < -0.39 is 10.0 Å². The lowest BCUT2D eigenvalue weighted by molar-refractivity contribution is 0.317. The van der Waals surface area contributed by atoms with Crippen molar-refractivity contribution in [2.45, 2.75) is 13.3 Å². The van der Waals surface area contributed by atoms with Crippen molar-refractivity contribution in [3.8, 4) is 5.75 Å². The van der Waals surface area contributed by atoms with Crippen molar-refractivity contribution < 1.29 is 13.2 Å². The fourth-order valence-electron chi connectivity index (χ4n) is 1.28. The Morgan fingerprint density at radius 1 is 1.41 bits per heavy atom. The van der Waals surface area contributed by atoms with Crippen LogP contribution < -0.4 is 15.2 Å². The van der Waals surface area contributed by atoms with Crippen molar-refractivity contribution in [3.63, 3.8) is 0 Å². The fourth-order valence-corrected chi connectivity index (χ4v) is 1.98. The van der Waals surface area contributed by atoms with Gasteiger partial charge >= 0.3 is 0 Å². The lowest BCUT2D eigenvalue weighted by Crippen LogP contribution is -2.23. The first-order chi connectivity index (χ1) is 7.94. The second-order valence-corrected chi connectivity index (χ2v) is 5.79. The topological polar surface area (TPSA) is 81.4 Å². The smallest absolute Gasteiger partial charge is 0.211 e. The van der Waals surface area contributed by atoms with Crippen LogP contribution in [-0.4, -0.2) is 27.8 Å². The Kier molecular flexibility index (Phi) is 4.77. The summed E-state index contributed by atoms with van der Waals surface area (Å²) in [7, 11) is -1.74. The quantitative estimate of drug-likeness (QED) is 0.586. The van der Waals surface area contributed by atoms with Crippen LogP contribution in [0.5, 0.6) is 5.75 Å². The molecule has 0 aromatic heterocycles. The molecule has 0 aliphatic rings. The van der Waals surface area contributed by atoms with E-state index >= 15 is 0 Å². The Morgan fingerprint density at radius 3 is 2.71 bits per heavy atom. The Balaban J connectivity index is 2.39. The van der Waals surface area contributed by atoms with Crippen molar-refractivity contribution in [2.75, 3.05) is 25.1 Å². The number of nitrogens with two attached hydrogens (primary N) is 1. The number of benzene rings is 1. The van der Waals surface area contributed by atoms with E-state index in [9.17, 15) is 8.42 Å². The molecule has 0 saturated carbocycles. The highest BCUT2D eigenvalue weighted by Crippen LogP contribution is 2.18. The van der Waals surface area contributed by atoms with E-state index in [1.54, 1.807) is 12.1 Å². The van der Waals surface area contributed by atoms with Crippen LogP contribution in [0, 0.1) is 6.92 Å². The van der Waals surface area contributed by atoms with Crippen LogP contribution in [0.25, 0.3) is 0 Å². The highest BCUT2D eigenvalue weighted by molar-refractivity contribution is 7.89. The number of hydrogen-bond acceptors (Lipinski definition) is 4. The minimum Gasteiger partial charge on any atom is -0.494 e. The molecule has 17 heavy (non-hydrogen) atoms. The summed E-state index contributed by atoms with van der Waals surface area (Å²) in [6.45, 7) is 2.26. The zero-order valence-corrected chi connectivity index (χ0v) is 10.9. The summed E-state index contributed by atoms with van der Waals surface area (Å²) in [5.41, 5.74) is 7.34. The third-order valence-corrected chi connectivity index (χ3v) is 3.83. The first kappa shape index (κ1) is 13.8. The van der Waals surface area contributed by atoms with E-state index in [0.717, 1.165) is 11.3 Å². The molecule has 0 aliphatic heterocycles. The maximum atomic E-state index is 11.1. The number of hydrogen-bond donors (Lipinski definition) is 2. The average molecular weight is 258 g/mol. The van der Waals surface area contributed by atoms with E-state index in [1.807, 2.05) is 13.0 Å². The van der Waals surface area contributed by atoms with Gasteiger partial charge in [0.1, 0.15) is 5.75 Å². The molecule has 0 spiro atoms. The van der Waals surface area contributed by atoms with Crippen molar-refractivity contribution in [3.05, 3.63) is 23.8 Å². The highest BCUT2D eigenvalue weighted by atomic mass is 32.2.